The maximum atomic E-state index is 13.7. The SMILES string of the molecule is C#Cc1ccc(C(C(=O)Nc2ccc(OC)cc2)N(CC=C)C(=O)C(CS)NC(=O)OC(C)(C)C)cc1. The average Bonchev–Trinajstić information content (AvgIpc) is 2.86. The number of rotatable bonds is 10. The number of nitrogens with one attached hydrogen (secondary N) is 2. The number of thiol groups is 1. The minimum Gasteiger partial charge on any atom is -0.497 e. The molecule has 0 aliphatic carbocycles. The van der Waals surface area contributed by atoms with Crippen molar-refractivity contribution in [3.63, 3.8) is 0 Å². The largest absolute Gasteiger partial charge is 0.497 e. The molecule has 0 aromatic heterocycles. The van der Waals surface area contributed by atoms with Crippen LogP contribution < -0.4 is 15.4 Å². The van der Waals surface area contributed by atoms with Gasteiger partial charge in [0.2, 0.25) is 5.91 Å². The minimum atomic E-state index is -1.07. The predicted molar refractivity (Wildman–Crippen MR) is 148 cm³/mol. The van der Waals surface area contributed by atoms with E-state index >= 15 is 0 Å². The molecule has 0 aliphatic heterocycles. The standard InChI is InChI=1S/C28H33N3O5S/c1-7-17-31(26(33)23(18-37)30-27(34)36-28(3,4)5)24(20-11-9-19(8-2)10-12-20)25(32)29-21-13-15-22(35-6)16-14-21/h2,7,9-16,23-24,37H,1,17-18H2,3-6H3,(H,29,32)(H,30,34). The van der Waals surface area contributed by atoms with Crippen LogP contribution in [0.25, 0.3) is 0 Å². The van der Waals surface area contributed by atoms with E-state index in [-0.39, 0.29) is 12.3 Å². The first-order valence-corrected chi connectivity index (χ1v) is 12.2. The molecule has 0 saturated carbocycles. The van der Waals surface area contributed by atoms with Crippen LogP contribution in [-0.4, -0.2) is 53.9 Å². The highest BCUT2D eigenvalue weighted by Crippen LogP contribution is 2.26. The average molecular weight is 524 g/mol. The molecule has 2 aromatic carbocycles. The molecule has 2 rings (SSSR count). The summed E-state index contributed by atoms with van der Waals surface area (Å²) in [4.78, 5) is 41.0. The molecule has 3 amide bonds. The van der Waals surface area contributed by atoms with Crippen LogP contribution in [0.15, 0.2) is 61.2 Å². The van der Waals surface area contributed by atoms with E-state index in [1.807, 2.05) is 0 Å². The van der Waals surface area contributed by atoms with Crippen LogP contribution in [0.5, 0.6) is 5.75 Å². The summed E-state index contributed by atoms with van der Waals surface area (Å²) in [5.74, 6) is 2.15. The molecule has 0 bridgehead atoms. The Kier molecular flexibility index (Phi) is 10.6. The topological polar surface area (TPSA) is 97.0 Å². The summed E-state index contributed by atoms with van der Waals surface area (Å²) in [7, 11) is 1.55. The first-order chi connectivity index (χ1) is 17.5. The van der Waals surface area contributed by atoms with E-state index in [1.165, 1.54) is 11.0 Å². The molecule has 2 unspecified atom stereocenters. The Labute approximate surface area is 223 Å². The van der Waals surface area contributed by atoms with E-state index in [0.29, 0.717) is 22.6 Å². The van der Waals surface area contributed by atoms with Gasteiger partial charge in [-0.3, -0.25) is 9.59 Å². The number of carbonyl (C=O) groups is 3. The molecule has 2 aromatic rings. The van der Waals surface area contributed by atoms with Gasteiger partial charge in [0.25, 0.3) is 5.91 Å². The number of carbonyl (C=O) groups excluding carboxylic acids is 3. The highest BCUT2D eigenvalue weighted by molar-refractivity contribution is 7.80. The van der Waals surface area contributed by atoms with E-state index in [0.717, 1.165) is 0 Å². The number of hydrogen-bond acceptors (Lipinski definition) is 6. The fourth-order valence-corrected chi connectivity index (χ4v) is 3.66. The van der Waals surface area contributed by atoms with Gasteiger partial charge in [0.15, 0.2) is 0 Å². The molecule has 0 fully saturated rings. The van der Waals surface area contributed by atoms with E-state index in [4.69, 9.17) is 15.9 Å². The van der Waals surface area contributed by atoms with Crippen molar-refractivity contribution in [2.24, 2.45) is 0 Å². The van der Waals surface area contributed by atoms with Gasteiger partial charge in [0.1, 0.15) is 23.4 Å². The van der Waals surface area contributed by atoms with E-state index in [2.05, 4.69) is 35.8 Å². The number of terminal acetylenes is 1. The van der Waals surface area contributed by atoms with Crippen molar-refractivity contribution < 1.29 is 23.9 Å². The van der Waals surface area contributed by atoms with Gasteiger partial charge in [-0.05, 0) is 62.7 Å². The highest BCUT2D eigenvalue weighted by Gasteiger charge is 2.35. The maximum absolute atomic E-state index is 13.7. The highest BCUT2D eigenvalue weighted by atomic mass is 32.1. The lowest BCUT2D eigenvalue weighted by Crippen LogP contribution is -2.53. The lowest BCUT2D eigenvalue weighted by atomic mass is 10.0. The molecule has 2 N–H and O–H groups in total. The summed E-state index contributed by atoms with van der Waals surface area (Å²) in [6.07, 6.45) is 6.22. The van der Waals surface area contributed by atoms with Gasteiger partial charge >= 0.3 is 6.09 Å². The van der Waals surface area contributed by atoms with Crippen LogP contribution in [0, 0.1) is 12.3 Å². The normalized spacial score (nSPS) is 12.3. The minimum absolute atomic E-state index is 0.0193. The lowest BCUT2D eigenvalue weighted by Gasteiger charge is -2.33. The Morgan fingerprint density at radius 1 is 1.14 bits per heavy atom. The summed E-state index contributed by atoms with van der Waals surface area (Å²) in [6, 6.07) is 11.4. The Balaban J connectivity index is 2.44. The molecule has 37 heavy (non-hydrogen) atoms. The number of methoxy groups -OCH3 is 1. The third-order valence-electron chi connectivity index (χ3n) is 5.09. The number of ether oxygens (including phenoxy) is 2. The Hall–Kier alpha value is -3.90. The number of anilines is 1. The molecule has 0 heterocycles. The van der Waals surface area contributed by atoms with Crippen LogP contribution >= 0.6 is 12.6 Å². The van der Waals surface area contributed by atoms with Crippen LogP contribution in [0.4, 0.5) is 10.5 Å². The monoisotopic (exact) mass is 523 g/mol. The molecule has 0 aliphatic rings. The van der Waals surface area contributed by atoms with E-state index in [1.54, 1.807) is 76.4 Å². The van der Waals surface area contributed by atoms with E-state index < -0.39 is 35.6 Å². The fourth-order valence-electron chi connectivity index (χ4n) is 3.42. The van der Waals surface area contributed by atoms with Crippen molar-refractivity contribution in [3.8, 4) is 18.1 Å². The number of amides is 3. The summed E-state index contributed by atoms with van der Waals surface area (Å²) in [5, 5.41) is 5.40. The molecule has 0 radical (unpaired) electrons. The summed E-state index contributed by atoms with van der Waals surface area (Å²) in [6.45, 7) is 8.92. The molecular formula is C28H33N3O5S. The molecule has 0 saturated heterocycles. The summed E-state index contributed by atoms with van der Waals surface area (Å²) in [5.41, 5.74) is 0.906. The van der Waals surface area contributed by atoms with Crippen LogP contribution in [0.3, 0.4) is 0 Å². The van der Waals surface area contributed by atoms with Crippen molar-refractivity contribution in [2.45, 2.75) is 38.5 Å². The number of alkyl carbamates (subject to hydrolysis) is 1. The van der Waals surface area contributed by atoms with Gasteiger partial charge in [-0.25, -0.2) is 4.79 Å². The quantitative estimate of drug-likeness (QED) is 0.247. The third kappa shape index (κ3) is 8.62. The zero-order valence-corrected chi connectivity index (χ0v) is 22.4. The number of benzene rings is 2. The Morgan fingerprint density at radius 2 is 1.76 bits per heavy atom. The second kappa shape index (κ2) is 13.4. The van der Waals surface area contributed by atoms with Gasteiger partial charge in [0.05, 0.1) is 7.11 Å². The van der Waals surface area contributed by atoms with Gasteiger partial charge in [-0.1, -0.05) is 24.1 Å². The smallest absolute Gasteiger partial charge is 0.408 e. The molecule has 9 heteroatoms. The zero-order valence-electron chi connectivity index (χ0n) is 21.5. The first-order valence-electron chi connectivity index (χ1n) is 11.6. The number of nitrogens with zero attached hydrogens (tertiary/aromatic N) is 1. The van der Waals surface area contributed by atoms with Gasteiger partial charge in [0, 0.05) is 23.5 Å². The zero-order chi connectivity index (χ0) is 27.6. The Morgan fingerprint density at radius 3 is 2.24 bits per heavy atom. The maximum Gasteiger partial charge on any atom is 0.408 e. The molecule has 0 spiro atoms. The van der Waals surface area contributed by atoms with Crippen molar-refractivity contribution in [3.05, 3.63) is 72.3 Å². The Bertz CT molecular complexity index is 1130. The van der Waals surface area contributed by atoms with Crippen LogP contribution in [0.1, 0.15) is 37.9 Å². The molecule has 8 nitrogen and oxygen atoms in total. The molecular weight excluding hydrogens is 490 g/mol. The van der Waals surface area contributed by atoms with Gasteiger partial charge in [-0.15, -0.1) is 13.0 Å². The summed E-state index contributed by atoms with van der Waals surface area (Å²) >= 11 is 4.26. The number of hydrogen-bond donors (Lipinski definition) is 3. The first kappa shape index (κ1) is 29.3. The predicted octanol–water partition coefficient (Wildman–Crippen LogP) is 4.19. The fraction of sp³-hybridized carbons (Fsp3) is 0.321. The van der Waals surface area contributed by atoms with Crippen LogP contribution in [0.2, 0.25) is 0 Å². The lowest BCUT2D eigenvalue weighted by molar-refractivity contribution is -0.139. The van der Waals surface area contributed by atoms with Crippen molar-refractivity contribution in [1.29, 1.82) is 0 Å². The van der Waals surface area contributed by atoms with Gasteiger partial charge in [-0.2, -0.15) is 12.6 Å². The van der Waals surface area contributed by atoms with E-state index in [9.17, 15) is 14.4 Å². The second-order valence-electron chi connectivity index (χ2n) is 9.05. The molecule has 2 atom stereocenters. The van der Waals surface area contributed by atoms with Gasteiger partial charge < -0.3 is 25.0 Å². The van der Waals surface area contributed by atoms with Crippen molar-refractivity contribution in [1.82, 2.24) is 10.2 Å². The van der Waals surface area contributed by atoms with Crippen molar-refractivity contribution in [2.75, 3.05) is 24.7 Å². The second-order valence-corrected chi connectivity index (χ2v) is 9.41. The third-order valence-corrected chi connectivity index (χ3v) is 5.46. The molecule has 196 valence electrons. The van der Waals surface area contributed by atoms with Crippen LogP contribution in [-0.2, 0) is 14.3 Å². The summed E-state index contributed by atoms with van der Waals surface area (Å²) < 4.78 is 10.5. The van der Waals surface area contributed by atoms with Crippen molar-refractivity contribution >= 4 is 36.2 Å².